The van der Waals surface area contributed by atoms with Crippen molar-refractivity contribution < 1.29 is 9.53 Å². The first-order valence-corrected chi connectivity index (χ1v) is 8.93. The molecule has 1 fully saturated rings. The van der Waals surface area contributed by atoms with E-state index < -0.39 is 0 Å². The summed E-state index contributed by atoms with van der Waals surface area (Å²) in [6, 6.07) is 7.93. The van der Waals surface area contributed by atoms with Gasteiger partial charge in [0, 0.05) is 13.1 Å². The minimum Gasteiger partial charge on any atom is -0.372 e. The minimum absolute atomic E-state index is 0.0697. The van der Waals surface area contributed by atoms with Gasteiger partial charge < -0.3 is 9.64 Å². The van der Waals surface area contributed by atoms with Crippen LogP contribution in [-0.4, -0.2) is 62.1 Å². The van der Waals surface area contributed by atoms with Crippen molar-refractivity contribution in [3.05, 3.63) is 29.8 Å². The van der Waals surface area contributed by atoms with Gasteiger partial charge in [-0.1, -0.05) is 23.9 Å². The maximum Gasteiger partial charge on any atom is 0.233 e. The topological polar surface area (TPSA) is 73.1 Å². The maximum absolute atomic E-state index is 12.5. The Kier molecular flexibility index (Phi) is 5.15. The van der Waals surface area contributed by atoms with Crippen LogP contribution in [0.3, 0.4) is 0 Å². The summed E-state index contributed by atoms with van der Waals surface area (Å²) in [5.74, 6) is 0.395. The molecule has 2 atom stereocenters. The lowest BCUT2D eigenvalue weighted by atomic mass is 10.2. The van der Waals surface area contributed by atoms with Crippen LogP contribution < -0.4 is 0 Å². The van der Waals surface area contributed by atoms with E-state index in [2.05, 4.69) is 15.5 Å². The van der Waals surface area contributed by atoms with E-state index in [9.17, 15) is 4.79 Å². The number of morpholine rings is 1. The van der Waals surface area contributed by atoms with Gasteiger partial charge in [-0.3, -0.25) is 4.79 Å². The molecule has 1 aromatic carbocycles. The van der Waals surface area contributed by atoms with Gasteiger partial charge in [0.15, 0.2) is 0 Å². The molecule has 1 aliphatic rings. The number of carbonyl (C=O) groups excluding carboxylic acids is 1. The fourth-order valence-electron chi connectivity index (χ4n) is 2.79. The number of thioether (sulfide) groups is 1. The number of rotatable bonds is 4. The number of hydrogen-bond donors (Lipinski definition) is 0. The Hall–Kier alpha value is -1.93. The Labute approximate surface area is 145 Å². The van der Waals surface area contributed by atoms with Gasteiger partial charge in [-0.05, 0) is 48.9 Å². The van der Waals surface area contributed by atoms with Gasteiger partial charge in [0.05, 0.1) is 23.6 Å². The van der Waals surface area contributed by atoms with E-state index in [1.165, 1.54) is 11.8 Å². The molecule has 128 valence electrons. The number of amides is 1. The molecule has 1 saturated heterocycles. The van der Waals surface area contributed by atoms with E-state index in [-0.39, 0.29) is 18.1 Å². The largest absolute Gasteiger partial charge is 0.372 e. The first-order chi connectivity index (χ1) is 11.5. The van der Waals surface area contributed by atoms with Crippen LogP contribution in [0.4, 0.5) is 0 Å². The zero-order valence-corrected chi connectivity index (χ0v) is 14.9. The first-order valence-electron chi connectivity index (χ1n) is 7.94. The van der Waals surface area contributed by atoms with Crippen LogP contribution in [0.1, 0.15) is 19.4 Å². The molecule has 1 aliphatic heterocycles. The van der Waals surface area contributed by atoms with Crippen LogP contribution in [0.2, 0.25) is 0 Å². The summed E-state index contributed by atoms with van der Waals surface area (Å²) < 4.78 is 7.33. The molecule has 2 unspecified atom stereocenters. The molecule has 7 nitrogen and oxygen atoms in total. The van der Waals surface area contributed by atoms with Gasteiger partial charge >= 0.3 is 0 Å². The summed E-state index contributed by atoms with van der Waals surface area (Å²) in [5, 5.41) is 12.4. The van der Waals surface area contributed by atoms with Gasteiger partial charge in [-0.25, -0.2) is 0 Å². The van der Waals surface area contributed by atoms with Crippen LogP contribution in [0, 0.1) is 6.92 Å². The quantitative estimate of drug-likeness (QED) is 0.784. The Morgan fingerprint density at radius 2 is 2.08 bits per heavy atom. The molecule has 2 aromatic rings. The van der Waals surface area contributed by atoms with Crippen molar-refractivity contribution in [2.24, 2.45) is 0 Å². The van der Waals surface area contributed by atoms with Crippen LogP contribution in [0.5, 0.6) is 0 Å². The smallest absolute Gasteiger partial charge is 0.233 e. The molecule has 1 amide bonds. The fourth-order valence-corrected chi connectivity index (χ4v) is 3.58. The highest BCUT2D eigenvalue weighted by molar-refractivity contribution is 7.99. The molecule has 3 rings (SSSR count). The zero-order valence-electron chi connectivity index (χ0n) is 14.0. The number of aromatic nitrogens is 4. The van der Waals surface area contributed by atoms with E-state index >= 15 is 0 Å². The average molecular weight is 347 g/mol. The monoisotopic (exact) mass is 347 g/mol. The third-order valence-corrected chi connectivity index (χ3v) is 4.69. The lowest BCUT2D eigenvalue weighted by Gasteiger charge is -2.35. The standard InChI is InChI=1S/C16H21N5O2S/c1-11-5-4-6-14(7-11)21-16(17-18-19-21)24-10-15(22)20-8-12(2)23-13(3)9-20/h4-7,12-13H,8-10H2,1-3H3. The predicted molar refractivity (Wildman–Crippen MR) is 91.2 cm³/mol. The van der Waals surface area contributed by atoms with Crippen molar-refractivity contribution in [1.29, 1.82) is 0 Å². The van der Waals surface area contributed by atoms with Crippen molar-refractivity contribution in [1.82, 2.24) is 25.1 Å². The number of nitrogens with zero attached hydrogens (tertiary/aromatic N) is 5. The molecule has 0 radical (unpaired) electrons. The lowest BCUT2D eigenvalue weighted by molar-refractivity contribution is -0.140. The van der Waals surface area contributed by atoms with Gasteiger partial charge in [-0.2, -0.15) is 4.68 Å². The number of ether oxygens (including phenoxy) is 1. The number of hydrogen-bond acceptors (Lipinski definition) is 6. The summed E-state index contributed by atoms with van der Waals surface area (Å²) >= 11 is 1.35. The normalized spacial score (nSPS) is 21.0. The molecule has 1 aromatic heterocycles. The van der Waals surface area contributed by atoms with Crippen molar-refractivity contribution >= 4 is 17.7 Å². The highest BCUT2D eigenvalue weighted by atomic mass is 32.2. The van der Waals surface area contributed by atoms with E-state index in [4.69, 9.17) is 4.74 Å². The maximum atomic E-state index is 12.5. The van der Waals surface area contributed by atoms with Crippen molar-refractivity contribution in [3.8, 4) is 5.69 Å². The molecule has 0 N–H and O–H groups in total. The Morgan fingerprint density at radius 3 is 2.79 bits per heavy atom. The third-order valence-electron chi connectivity index (χ3n) is 3.78. The zero-order chi connectivity index (χ0) is 17.1. The van der Waals surface area contributed by atoms with Crippen LogP contribution in [-0.2, 0) is 9.53 Å². The van der Waals surface area contributed by atoms with E-state index in [0.717, 1.165) is 11.3 Å². The molecular formula is C16H21N5O2S. The SMILES string of the molecule is Cc1cccc(-n2nnnc2SCC(=O)N2CC(C)OC(C)C2)c1. The van der Waals surface area contributed by atoms with Gasteiger partial charge in [-0.15, -0.1) is 5.10 Å². The molecule has 0 saturated carbocycles. The summed E-state index contributed by atoms with van der Waals surface area (Å²) in [6.07, 6.45) is 0.139. The fraction of sp³-hybridized carbons (Fsp3) is 0.500. The molecule has 2 heterocycles. The van der Waals surface area contributed by atoms with Gasteiger partial charge in [0.25, 0.3) is 0 Å². The van der Waals surface area contributed by atoms with Crippen LogP contribution in [0.25, 0.3) is 5.69 Å². The summed E-state index contributed by atoms with van der Waals surface area (Å²) in [7, 11) is 0. The van der Waals surface area contributed by atoms with Crippen molar-refractivity contribution in [2.45, 2.75) is 38.1 Å². The average Bonchev–Trinajstić information content (AvgIpc) is 3.00. The second kappa shape index (κ2) is 7.31. The first kappa shape index (κ1) is 16.9. The van der Waals surface area contributed by atoms with Crippen LogP contribution in [0.15, 0.2) is 29.4 Å². The van der Waals surface area contributed by atoms with Gasteiger partial charge in [0.2, 0.25) is 11.1 Å². The number of aryl methyl sites for hydroxylation is 1. The molecule has 0 spiro atoms. The highest BCUT2D eigenvalue weighted by Crippen LogP contribution is 2.20. The number of carbonyl (C=O) groups is 1. The van der Waals surface area contributed by atoms with Crippen molar-refractivity contribution in [3.63, 3.8) is 0 Å². The second-order valence-corrected chi connectivity index (χ2v) is 7.00. The predicted octanol–water partition coefficient (Wildman–Crippen LogP) is 1.70. The summed E-state index contributed by atoms with van der Waals surface area (Å²) in [4.78, 5) is 14.3. The number of benzene rings is 1. The molecular weight excluding hydrogens is 326 g/mol. The Morgan fingerprint density at radius 1 is 1.33 bits per heavy atom. The number of tetrazole rings is 1. The molecule has 0 bridgehead atoms. The second-order valence-electron chi connectivity index (χ2n) is 6.06. The molecule has 8 heteroatoms. The third kappa shape index (κ3) is 3.93. The summed E-state index contributed by atoms with van der Waals surface area (Å²) in [5.41, 5.74) is 2.02. The van der Waals surface area contributed by atoms with Crippen molar-refractivity contribution in [2.75, 3.05) is 18.8 Å². The highest BCUT2D eigenvalue weighted by Gasteiger charge is 2.26. The van der Waals surface area contributed by atoms with E-state index in [0.29, 0.717) is 24.0 Å². The van der Waals surface area contributed by atoms with E-state index in [1.54, 1.807) is 4.68 Å². The Bertz CT molecular complexity index is 710. The summed E-state index contributed by atoms with van der Waals surface area (Å²) in [6.45, 7) is 7.26. The minimum atomic E-state index is 0.0697. The van der Waals surface area contributed by atoms with Gasteiger partial charge in [0.1, 0.15) is 0 Å². The lowest BCUT2D eigenvalue weighted by Crippen LogP contribution is -2.48. The van der Waals surface area contributed by atoms with Crippen LogP contribution >= 0.6 is 11.8 Å². The van der Waals surface area contributed by atoms with E-state index in [1.807, 2.05) is 49.9 Å². The Balaban J connectivity index is 1.65. The molecule has 24 heavy (non-hydrogen) atoms. The molecule has 0 aliphatic carbocycles.